The third kappa shape index (κ3) is 5.19. The molecule has 0 amide bonds. The zero-order valence-electron chi connectivity index (χ0n) is 30.5. The number of benzene rings is 8. The second kappa shape index (κ2) is 12.5. The highest BCUT2D eigenvalue weighted by Crippen LogP contribution is 2.44. The number of thiophene rings is 2. The average Bonchev–Trinajstić information content (AvgIpc) is 3.86. The number of fused-ring (bicyclic) bond motifs is 9. The molecule has 0 aliphatic carbocycles. The molecule has 0 atom stereocenters. The summed E-state index contributed by atoms with van der Waals surface area (Å²) in [7, 11) is -2.12. The minimum absolute atomic E-state index is 1.16. The monoisotopic (exact) mass is 756 g/mol. The summed E-state index contributed by atoms with van der Waals surface area (Å²) in [6.45, 7) is 5.05. The summed E-state index contributed by atoms with van der Waals surface area (Å²) in [6.07, 6.45) is 0. The van der Waals surface area contributed by atoms with Crippen LogP contribution in [0.25, 0.3) is 51.5 Å². The maximum Gasteiger partial charge on any atom is 0.114 e. The largest absolute Gasteiger partial charge is 0.311 e. The lowest BCUT2D eigenvalue weighted by molar-refractivity contribution is 1.29. The molecule has 0 bridgehead atoms. The number of hydrogen-bond donors (Lipinski definition) is 0. The highest BCUT2D eigenvalue weighted by molar-refractivity contribution is 7.26. The van der Waals surface area contributed by atoms with Crippen LogP contribution in [0, 0.1) is 0 Å². The van der Waals surface area contributed by atoms with Crippen LogP contribution >= 0.6 is 22.7 Å². The molecule has 1 aliphatic heterocycles. The molecule has 11 rings (SSSR count). The zero-order valence-corrected chi connectivity index (χ0v) is 33.2. The number of hydrogen-bond acceptors (Lipinski definition) is 4. The van der Waals surface area contributed by atoms with Crippen LogP contribution in [0.4, 0.5) is 34.1 Å². The topological polar surface area (TPSA) is 6.48 Å². The summed E-state index contributed by atoms with van der Waals surface area (Å²) in [6, 6.07) is 67.5. The smallest absolute Gasteiger partial charge is 0.114 e. The van der Waals surface area contributed by atoms with Crippen molar-refractivity contribution in [2.75, 3.05) is 9.80 Å². The lowest BCUT2D eigenvalue weighted by Gasteiger charge is -2.28. The van der Waals surface area contributed by atoms with Crippen LogP contribution in [0.2, 0.25) is 13.1 Å². The van der Waals surface area contributed by atoms with Gasteiger partial charge in [0.2, 0.25) is 0 Å². The first-order chi connectivity index (χ1) is 27.0. The molecule has 3 heterocycles. The van der Waals surface area contributed by atoms with Crippen LogP contribution < -0.4 is 20.2 Å². The summed E-state index contributed by atoms with van der Waals surface area (Å²) in [5.74, 6) is 0. The van der Waals surface area contributed by atoms with Gasteiger partial charge in [0.05, 0.1) is 0 Å². The Kier molecular flexibility index (Phi) is 7.40. The second-order valence-electron chi connectivity index (χ2n) is 15.0. The maximum atomic E-state index is 2.53. The Hall–Kier alpha value is -5.98. The third-order valence-corrected chi connectivity index (χ3v) is 17.2. The van der Waals surface area contributed by atoms with Gasteiger partial charge >= 0.3 is 0 Å². The fourth-order valence-corrected chi connectivity index (χ4v) is 14.1. The number of para-hydroxylation sites is 2. The highest BCUT2D eigenvalue weighted by atomic mass is 32.1. The van der Waals surface area contributed by atoms with Crippen molar-refractivity contribution < 1.29 is 0 Å². The molecule has 0 saturated heterocycles. The van der Waals surface area contributed by atoms with Crippen molar-refractivity contribution >= 4 is 116 Å². The van der Waals surface area contributed by atoms with Crippen molar-refractivity contribution in [3.05, 3.63) is 182 Å². The number of nitrogens with zero attached hydrogens (tertiary/aromatic N) is 2. The number of anilines is 6. The minimum Gasteiger partial charge on any atom is -0.311 e. The van der Waals surface area contributed by atoms with E-state index < -0.39 is 8.07 Å². The molecule has 0 fully saturated rings. The average molecular weight is 757 g/mol. The summed E-state index contributed by atoms with van der Waals surface area (Å²) in [5.41, 5.74) is 9.80. The van der Waals surface area contributed by atoms with Gasteiger partial charge in [0.15, 0.2) is 0 Å². The summed E-state index contributed by atoms with van der Waals surface area (Å²) in [4.78, 5) is 4.87. The number of rotatable bonds is 6. The van der Waals surface area contributed by atoms with E-state index in [9.17, 15) is 0 Å². The first kappa shape index (κ1) is 32.4. The van der Waals surface area contributed by atoms with Gasteiger partial charge in [0, 0.05) is 74.5 Å². The van der Waals surface area contributed by atoms with Gasteiger partial charge in [-0.25, -0.2) is 0 Å². The molecule has 0 saturated carbocycles. The van der Waals surface area contributed by atoms with Crippen LogP contribution in [0.5, 0.6) is 0 Å². The van der Waals surface area contributed by atoms with Crippen LogP contribution in [-0.4, -0.2) is 8.07 Å². The highest BCUT2D eigenvalue weighted by Gasteiger charge is 2.38. The van der Waals surface area contributed by atoms with E-state index in [0.29, 0.717) is 0 Å². The van der Waals surface area contributed by atoms with Crippen molar-refractivity contribution in [3.63, 3.8) is 0 Å². The predicted octanol–water partition coefficient (Wildman–Crippen LogP) is 14.2. The van der Waals surface area contributed by atoms with Gasteiger partial charge in [-0.1, -0.05) is 104 Å². The minimum atomic E-state index is -2.12. The Labute approximate surface area is 329 Å². The van der Waals surface area contributed by atoms with Crippen LogP contribution in [0.15, 0.2) is 182 Å². The lowest BCUT2D eigenvalue weighted by Crippen LogP contribution is -2.49. The summed E-state index contributed by atoms with van der Waals surface area (Å²) >= 11 is 3.75. The molecule has 0 N–H and O–H groups in total. The van der Waals surface area contributed by atoms with Crippen molar-refractivity contribution in [1.29, 1.82) is 0 Å². The Morgan fingerprint density at radius 1 is 0.327 bits per heavy atom. The van der Waals surface area contributed by atoms with Gasteiger partial charge in [-0.3, -0.25) is 0 Å². The Morgan fingerprint density at radius 3 is 1.36 bits per heavy atom. The van der Waals surface area contributed by atoms with E-state index in [1.165, 1.54) is 84.6 Å². The molecular weight excluding hydrogens is 721 g/mol. The summed E-state index contributed by atoms with van der Waals surface area (Å²) < 4.78 is 5.28. The fourth-order valence-electron chi connectivity index (χ4n) is 8.75. The van der Waals surface area contributed by atoms with Gasteiger partial charge in [0.25, 0.3) is 0 Å². The van der Waals surface area contributed by atoms with Crippen molar-refractivity contribution in [1.82, 2.24) is 0 Å². The molecule has 0 radical (unpaired) electrons. The second-order valence-corrected chi connectivity index (χ2v) is 21.5. The maximum absolute atomic E-state index is 2.53. The molecule has 5 heteroatoms. The normalized spacial score (nSPS) is 13.1. The SMILES string of the molecule is C[Si]1(C)c2cc(N(c3ccccc3)c3ccccc3)ccc2-c2ccc(N(c3ccc4c(c3)sc3ccccc34)c3ccc4sc5ccccc5c4c3)cc21. The van der Waals surface area contributed by atoms with E-state index in [4.69, 9.17) is 0 Å². The molecule has 0 unspecified atom stereocenters. The Morgan fingerprint density at radius 2 is 0.745 bits per heavy atom. The predicted molar refractivity (Wildman–Crippen MR) is 244 cm³/mol. The van der Waals surface area contributed by atoms with Gasteiger partial charge < -0.3 is 9.80 Å². The van der Waals surface area contributed by atoms with E-state index in [0.717, 1.165) is 11.4 Å². The van der Waals surface area contributed by atoms with Gasteiger partial charge in [0.1, 0.15) is 8.07 Å². The van der Waals surface area contributed by atoms with Gasteiger partial charge in [-0.05, 0) is 112 Å². The fraction of sp³-hybridized carbons (Fsp3) is 0.0400. The lowest BCUT2D eigenvalue weighted by atomic mass is 10.0. The van der Waals surface area contributed by atoms with E-state index in [-0.39, 0.29) is 0 Å². The zero-order chi connectivity index (χ0) is 36.7. The molecule has 10 aromatic rings. The van der Waals surface area contributed by atoms with Crippen molar-refractivity contribution in [2.24, 2.45) is 0 Å². The quantitative estimate of drug-likeness (QED) is 0.156. The Balaban J connectivity index is 1.07. The van der Waals surface area contributed by atoms with Crippen LogP contribution in [0.3, 0.4) is 0 Å². The van der Waals surface area contributed by atoms with Crippen LogP contribution in [-0.2, 0) is 0 Å². The van der Waals surface area contributed by atoms with Gasteiger partial charge in [-0.2, -0.15) is 0 Å². The standard InChI is InChI=1S/C50H36N2S2Si/c1-55(2)49-31-37(51(33-13-5-3-6-14-33)34-15-7-4-8-16-34)22-26-42(49)43-27-23-38(32-50(43)55)52(35-24-28-47-44(29-35)40-18-10-12-20-46(40)53-47)36-21-25-41-39-17-9-11-19-45(39)54-48(41)30-36/h3-32H,1-2H3. The Bertz CT molecular complexity index is 3050. The molecule has 2 nitrogen and oxygen atoms in total. The third-order valence-electron chi connectivity index (χ3n) is 11.4. The molecule has 2 aromatic heterocycles. The van der Waals surface area contributed by atoms with Crippen molar-refractivity contribution in [3.8, 4) is 11.1 Å². The van der Waals surface area contributed by atoms with Crippen molar-refractivity contribution in [2.45, 2.75) is 13.1 Å². The first-order valence-electron chi connectivity index (χ1n) is 18.8. The van der Waals surface area contributed by atoms with E-state index in [2.05, 4.69) is 205 Å². The molecule has 1 aliphatic rings. The molecule has 262 valence electrons. The van der Waals surface area contributed by atoms with E-state index in [1.807, 2.05) is 22.7 Å². The molecule has 8 aromatic carbocycles. The first-order valence-corrected chi connectivity index (χ1v) is 23.5. The van der Waals surface area contributed by atoms with Crippen LogP contribution in [0.1, 0.15) is 0 Å². The van der Waals surface area contributed by atoms with Gasteiger partial charge in [-0.15, -0.1) is 22.7 Å². The molecule has 55 heavy (non-hydrogen) atoms. The molecular formula is C50H36N2S2Si. The van der Waals surface area contributed by atoms with E-state index in [1.54, 1.807) is 0 Å². The molecule has 0 spiro atoms. The summed E-state index contributed by atoms with van der Waals surface area (Å²) in [5, 5.41) is 8.24. The van der Waals surface area contributed by atoms with E-state index >= 15 is 0 Å².